The van der Waals surface area contributed by atoms with Crippen molar-refractivity contribution in [2.45, 2.75) is 41.5 Å². The minimum atomic E-state index is 0.143. The van der Waals surface area contributed by atoms with Gasteiger partial charge in [0.15, 0.2) is 0 Å². The van der Waals surface area contributed by atoms with Gasteiger partial charge in [-0.3, -0.25) is 0 Å². The van der Waals surface area contributed by atoms with Crippen LogP contribution in [0.15, 0.2) is 146 Å². The zero-order valence-corrected chi connectivity index (χ0v) is 41.6. The van der Waals surface area contributed by atoms with Crippen LogP contribution in [-0.4, -0.2) is 89.7 Å². The molecule has 0 bridgehead atoms. The summed E-state index contributed by atoms with van der Waals surface area (Å²) >= 11 is 0.891. The minimum absolute atomic E-state index is 0.143. The molecular weight excluding hydrogens is 1050 g/mol. The Morgan fingerprint density at radius 3 is 0.667 bits per heavy atom. The molecule has 0 nitrogen and oxygen atoms in total. The van der Waals surface area contributed by atoms with E-state index in [9.17, 15) is 0 Å². The second kappa shape index (κ2) is 18.7. The van der Waals surface area contributed by atoms with Gasteiger partial charge in [-0.05, 0) is 0 Å². The average molecular weight is 1090 g/mol. The summed E-state index contributed by atoms with van der Waals surface area (Å²) in [6.07, 6.45) is 0. The molecule has 0 saturated heterocycles. The molecule has 0 aliphatic carbocycles. The number of hydrogen-bond acceptors (Lipinski definition) is 0. The molecule has 7 aromatic carbocycles. The Morgan fingerprint density at radius 2 is 0.444 bits per heavy atom. The third kappa shape index (κ3) is 9.78. The van der Waals surface area contributed by atoms with E-state index in [1.54, 1.807) is 35.7 Å². The van der Waals surface area contributed by atoms with Crippen molar-refractivity contribution in [2.24, 2.45) is 0 Å². The molecule has 7 rings (SSSR count). The predicted molar refractivity (Wildman–Crippen MR) is 244 cm³/mol. The van der Waals surface area contributed by atoms with Gasteiger partial charge >= 0.3 is 364 Å². The van der Waals surface area contributed by atoms with Crippen molar-refractivity contribution in [2.75, 3.05) is 0 Å². The van der Waals surface area contributed by atoms with E-state index in [1.807, 2.05) is 0 Å². The Morgan fingerprint density at radius 1 is 0.241 bits per heavy atom. The Bertz CT molecular complexity index is 2050. The second-order valence-electron chi connectivity index (χ2n) is 13.3. The van der Waals surface area contributed by atoms with Crippen molar-refractivity contribution in [3.63, 3.8) is 0 Å². The number of aryl methyl sites for hydroxylation is 6. The normalized spacial score (nSPS) is 11.2. The fourth-order valence-corrected chi connectivity index (χ4v) is 25.9. The van der Waals surface area contributed by atoms with Crippen LogP contribution >= 0.6 is 0 Å². The summed E-state index contributed by atoms with van der Waals surface area (Å²) in [5.41, 5.74) is 8.47. The first-order valence-corrected chi connectivity index (χ1v) is 28.2. The van der Waals surface area contributed by atoms with Gasteiger partial charge < -0.3 is 0 Å². The monoisotopic (exact) mass is 1100 g/mol. The third-order valence-corrected chi connectivity index (χ3v) is 28.2. The van der Waals surface area contributed by atoms with Crippen LogP contribution in [0.4, 0.5) is 0 Å². The summed E-state index contributed by atoms with van der Waals surface area (Å²) in [4.78, 5) is 0. The van der Waals surface area contributed by atoms with Gasteiger partial charge in [0.05, 0.1) is 0 Å². The van der Waals surface area contributed by atoms with Crippen LogP contribution in [-0.2, 0) is 0 Å². The number of benzene rings is 7. The van der Waals surface area contributed by atoms with Gasteiger partial charge in [-0.15, -0.1) is 0 Å². The van der Waals surface area contributed by atoms with Crippen LogP contribution in [0.25, 0.3) is 0 Å². The van der Waals surface area contributed by atoms with Gasteiger partial charge in [0.2, 0.25) is 0 Å². The van der Waals surface area contributed by atoms with Crippen LogP contribution in [0, 0.1) is 41.5 Å². The van der Waals surface area contributed by atoms with E-state index in [-0.39, 0.29) is 89.7 Å². The summed E-state index contributed by atoms with van der Waals surface area (Å²) < 4.78 is 19.0. The summed E-state index contributed by atoms with van der Waals surface area (Å²) in [5.74, 6) is 0. The summed E-state index contributed by atoms with van der Waals surface area (Å²) in [6, 6.07) is 55.3. The van der Waals surface area contributed by atoms with E-state index >= 15 is 0 Å². The quantitative estimate of drug-likeness (QED) is 0.163. The standard InChI is InChI=1S/C48H42Se6/c1-31-27-33(3)41(34(4)28-31)53-47-43(49-37-19-11-7-12-20-37)45(51-39-23-15-9-16-24-39)48(54-42-35(5)29-32(2)30-36(42)6)46(52-40-25-17-10-18-26-40)44(47)50-38-21-13-8-14-22-38/h7-30H,1-6H3. The van der Waals surface area contributed by atoms with E-state index in [0.717, 1.165) is 0 Å². The maximum absolute atomic E-state index is 2.41. The molecule has 0 atom stereocenters. The molecule has 0 aliphatic heterocycles. The molecule has 6 heteroatoms. The maximum atomic E-state index is 2.41. The van der Waals surface area contributed by atoms with E-state index in [1.165, 1.54) is 51.2 Å². The van der Waals surface area contributed by atoms with Gasteiger partial charge in [0.1, 0.15) is 0 Å². The summed E-state index contributed by atoms with van der Waals surface area (Å²) in [6.45, 7) is 13.9. The molecule has 54 heavy (non-hydrogen) atoms. The molecule has 0 unspecified atom stereocenters. The van der Waals surface area contributed by atoms with Gasteiger partial charge in [-0.1, -0.05) is 0 Å². The average Bonchev–Trinajstić information content (AvgIpc) is 3.16. The second-order valence-corrected chi connectivity index (χ2v) is 26.7. The van der Waals surface area contributed by atoms with Crippen molar-refractivity contribution < 1.29 is 0 Å². The molecule has 0 amide bonds. The fourth-order valence-electron chi connectivity index (χ4n) is 6.46. The van der Waals surface area contributed by atoms with Gasteiger partial charge in [-0.25, -0.2) is 0 Å². The Kier molecular flexibility index (Phi) is 13.8. The molecule has 0 aromatic heterocycles. The van der Waals surface area contributed by atoms with E-state index in [2.05, 4.69) is 187 Å². The summed E-state index contributed by atoms with van der Waals surface area (Å²) in [5, 5.41) is 0. The zero-order chi connectivity index (χ0) is 37.6. The van der Waals surface area contributed by atoms with Crippen molar-refractivity contribution in [1.29, 1.82) is 0 Å². The SMILES string of the molecule is Cc1cc(C)c([Se]c2c([Se]c3ccccc3)c([Se]c3ccccc3)c([Se]c3c(C)cc(C)cc3C)c([Se]c3ccccc3)c2[Se]c2ccccc2)c(C)c1. The van der Waals surface area contributed by atoms with Crippen LogP contribution in [0.1, 0.15) is 33.4 Å². The molecule has 0 fully saturated rings. The molecule has 270 valence electrons. The van der Waals surface area contributed by atoms with E-state index < -0.39 is 0 Å². The molecule has 0 saturated carbocycles. The fraction of sp³-hybridized carbons (Fsp3) is 0.125. The van der Waals surface area contributed by atoms with E-state index in [4.69, 9.17) is 0 Å². The van der Waals surface area contributed by atoms with Gasteiger partial charge in [0.25, 0.3) is 0 Å². The van der Waals surface area contributed by atoms with Crippen LogP contribution in [0.3, 0.4) is 0 Å². The first kappa shape index (κ1) is 39.9. The Labute approximate surface area is 360 Å². The van der Waals surface area contributed by atoms with Crippen molar-refractivity contribution in [3.8, 4) is 0 Å². The van der Waals surface area contributed by atoms with Crippen LogP contribution in [0.2, 0.25) is 0 Å². The van der Waals surface area contributed by atoms with Gasteiger partial charge in [0, 0.05) is 0 Å². The van der Waals surface area contributed by atoms with Crippen LogP contribution < -0.4 is 53.5 Å². The van der Waals surface area contributed by atoms with Crippen molar-refractivity contribution in [3.05, 3.63) is 179 Å². The predicted octanol–water partition coefficient (Wildman–Crippen LogP) is 1.47. The molecule has 0 spiro atoms. The first-order chi connectivity index (χ1) is 26.2. The number of hydrogen-bond donors (Lipinski definition) is 0. The molecule has 0 heterocycles. The topological polar surface area (TPSA) is 0 Å². The van der Waals surface area contributed by atoms with Crippen molar-refractivity contribution in [1.82, 2.24) is 0 Å². The van der Waals surface area contributed by atoms with E-state index in [0.29, 0.717) is 0 Å². The van der Waals surface area contributed by atoms with Gasteiger partial charge in [-0.2, -0.15) is 0 Å². The van der Waals surface area contributed by atoms with Crippen molar-refractivity contribution >= 4 is 143 Å². The molecule has 0 aliphatic rings. The number of rotatable bonds is 12. The third-order valence-electron chi connectivity index (χ3n) is 8.71. The summed E-state index contributed by atoms with van der Waals surface area (Å²) in [7, 11) is 0. The van der Waals surface area contributed by atoms with Crippen LogP contribution in [0.5, 0.6) is 0 Å². The zero-order valence-electron chi connectivity index (χ0n) is 31.3. The first-order valence-electron chi connectivity index (χ1n) is 17.9. The molecule has 0 N–H and O–H groups in total. The molecule has 7 aromatic rings. The molecule has 0 radical (unpaired) electrons. The molecular formula is C48H42Se6. The Hall–Kier alpha value is -2.34. The Balaban J connectivity index is 1.62.